The van der Waals surface area contributed by atoms with E-state index in [4.69, 9.17) is 0 Å². The van der Waals surface area contributed by atoms with Crippen LogP contribution in [0.25, 0.3) is 0 Å². The van der Waals surface area contributed by atoms with Crippen molar-refractivity contribution in [1.29, 1.82) is 0 Å². The number of halogens is 1. The Kier molecular flexibility index (Phi) is 4.84. The molecule has 1 N–H and O–H groups in total. The van der Waals surface area contributed by atoms with Crippen LogP contribution < -0.4 is 5.32 Å². The van der Waals surface area contributed by atoms with E-state index in [0.717, 1.165) is 36.1 Å². The van der Waals surface area contributed by atoms with Crippen LogP contribution in [-0.2, 0) is 4.79 Å². The summed E-state index contributed by atoms with van der Waals surface area (Å²) in [6, 6.07) is 3.71. The molecule has 3 nitrogen and oxygen atoms in total. The second kappa shape index (κ2) is 6.25. The molecule has 0 saturated heterocycles. The Morgan fingerprint density at radius 3 is 2.40 bits per heavy atom. The van der Waals surface area contributed by atoms with Gasteiger partial charge in [0.1, 0.15) is 5.82 Å². The number of carbonyl (C=O) groups is 1. The average molecular weight is 339 g/mol. The second-order valence-corrected chi connectivity index (χ2v) is 7.68. The summed E-state index contributed by atoms with van der Waals surface area (Å²) in [4.78, 5) is 16.4. The molecular formula is C16H23BrN2O. The molecule has 1 aliphatic carbocycles. The van der Waals surface area contributed by atoms with Crippen LogP contribution in [0.5, 0.6) is 0 Å². The minimum atomic E-state index is 0.118. The maximum Gasteiger partial charge on any atom is 0.228 e. The number of nitrogens with zero attached hydrogens (tertiary/aromatic N) is 1. The lowest BCUT2D eigenvalue weighted by Gasteiger charge is -2.36. The van der Waals surface area contributed by atoms with E-state index < -0.39 is 0 Å². The van der Waals surface area contributed by atoms with Crippen LogP contribution in [0.1, 0.15) is 46.5 Å². The van der Waals surface area contributed by atoms with Crippen molar-refractivity contribution in [2.75, 3.05) is 5.32 Å². The summed E-state index contributed by atoms with van der Waals surface area (Å²) in [6.45, 7) is 6.89. The van der Waals surface area contributed by atoms with E-state index in [2.05, 4.69) is 47.0 Å². The Bertz CT molecular complexity index is 456. The van der Waals surface area contributed by atoms with E-state index in [0.29, 0.717) is 11.2 Å². The molecule has 0 atom stereocenters. The highest BCUT2D eigenvalue weighted by Gasteiger charge is 2.32. The van der Waals surface area contributed by atoms with Gasteiger partial charge in [-0.3, -0.25) is 4.79 Å². The molecule has 0 unspecified atom stereocenters. The lowest BCUT2D eigenvalue weighted by molar-refractivity contribution is -0.121. The predicted molar refractivity (Wildman–Crippen MR) is 85.5 cm³/mol. The van der Waals surface area contributed by atoms with Gasteiger partial charge >= 0.3 is 0 Å². The van der Waals surface area contributed by atoms with Crippen LogP contribution in [0.2, 0.25) is 0 Å². The fourth-order valence-electron chi connectivity index (χ4n) is 2.90. The van der Waals surface area contributed by atoms with Crippen LogP contribution in [0.3, 0.4) is 0 Å². The van der Waals surface area contributed by atoms with Gasteiger partial charge in [-0.1, -0.05) is 20.8 Å². The van der Waals surface area contributed by atoms with Crippen molar-refractivity contribution in [2.45, 2.75) is 46.5 Å². The van der Waals surface area contributed by atoms with Gasteiger partial charge < -0.3 is 5.32 Å². The molecule has 0 aromatic carbocycles. The standard InChI is InChI=1S/C16H23BrN2O/c1-16(2,3)12-6-4-11(5-7-12)15(20)19-14-9-8-13(17)10-18-14/h8-12H,4-7H2,1-3H3,(H,18,19,20). The molecule has 1 aromatic rings. The van der Waals surface area contributed by atoms with Crippen molar-refractivity contribution in [1.82, 2.24) is 4.98 Å². The Morgan fingerprint density at radius 2 is 1.90 bits per heavy atom. The zero-order valence-electron chi connectivity index (χ0n) is 12.4. The molecule has 1 saturated carbocycles. The van der Waals surface area contributed by atoms with Gasteiger partial charge in [-0.2, -0.15) is 0 Å². The second-order valence-electron chi connectivity index (χ2n) is 6.77. The molecule has 0 spiro atoms. The van der Waals surface area contributed by atoms with Gasteiger partial charge in [0.15, 0.2) is 0 Å². The van der Waals surface area contributed by atoms with Gasteiger partial charge in [-0.05, 0) is 65.1 Å². The summed E-state index contributed by atoms with van der Waals surface area (Å²) in [5.74, 6) is 1.62. The molecule has 0 bridgehead atoms. The van der Waals surface area contributed by atoms with E-state index in [-0.39, 0.29) is 11.8 Å². The highest BCUT2D eigenvalue weighted by atomic mass is 79.9. The summed E-state index contributed by atoms with van der Waals surface area (Å²) >= 11 is 3.34. The van der Waals surface area contributed by atoms with Gasteiger partial charge in [0.05, 0.1) is 0 Å². The minimum absolute atomic E-state index is 0.118. The fraction of sp³-hybridized carbons (Fsp3) is 0.625. The topological polar surface area (TPSA) is 42.0 Å². The van der Waals surface area contributed by atoms with Gasteiger partial charge in [-0.15, -0.1) is 0 Å². The first-order valence-electron chi connectivity index (χ1n) is 7.28. The van der Waals surface area contributed by atoms with Gasteiger partial charge in [0, 0.05) is 16.6 Å². The smallest absolute Gasteiger partial charge is 0.228 e. The van der Waals surface area contributed by atoms with E-state index in [1.807, 2.05) is 12.1 Å². The number of carbonyl (C=O) groups excluding carboxylic acids is 1. The van der Waals surface area contributed by atoms with E-state index in [1.54, 1.807) is 6.20 Å². The van der Waals surface area contributed by atoms with Crippen molar-refractivity contribution >= 4 is 27.7 Å². The third-order valence-electron chi connectivity index (χ3n) is 4.30. The van der Waals surface area contributed by atoms with Crippen LogP contribution >= 0.6 is 15.9 Å². The number of pyridine rings is 1. The van der Waals surface area contributed by atoms with Crippen molar-refractivity contribution < 1.29 is 4.79 Å². The van der Waals surface area contributed by atoms with Crippen LogP contribution in [-0.4, -0.2) is 10.9 Å². The summed E-state index contributed by atoms with van der Waals surface area (Å²) in [6.07, 6.45) is 5.98. The van der Waals surface area contributed by atoms with E-state index in [9.17, 15) is 4.79 Å². The number of aromatic nitrogens is 1. The van der Waals surface area contributed by atoms with Gasteiger partial charge in [-0.25, -0.2) is 4.98 Å². The quantitative estimate of drug-likeness (QED) is 0.853. The molecule has 0 aliphatic heterocycles. The highest BCUT2D eigenvalue weighted by Crippen LogP contribution is 2.39. The molecule has 4 heteroatoms. The lowest BCUT2D eigenvalue weighted by Crippen LogP contribution is -2.31. The molecule has 2 rings (SSSR count). The van der Waals surface area contributed by atoms with Crippen LogP contribution in [0.15, 0.2) is 22.8 Å². The Balaban J connectivity index is 1.87. The number of rotatable bonds is 2. The van der Waals surface area contributed by atoms with E-state index in [1.165, 1.54) is 0 Å². The number of hydrogen-bond donors (Lipinski definition) is 1. The Morgan fingerprint density at radius 1 is 1.25 bits per heavy atom. The van der Waals surface area contributed by atoms with E-state index >= 15 is 0 Å². The maximum absolute atomic E-state index is 12.2. The molecule has 0 radical (unpaired) electrons. The number of nitrogens with one attached hydrogen (secondary N) is 1. The fourth-order valence-corrected chi connectivity index (χ4v) is 3.13. The first-order chi connectivity index (χ1) is 9.36. The Labute approximate surface area is 129 Å². The van der Waals surface area contributed by atoms with Crippen molar-refractivity contribution in [2.24, 2.45) is 17.3 Å². The third-order valence-corrected chi connectivity index (χ3v) is 4.77. The molecule has 1 aliphatic rings. The predicted octanol–water partition coefficient (Wildman–Crippen LogP) is 4.64. The van der Waals surface area contributed by atoms with Gasteiger partial charge in [0.25, 0.3) is 0 Å². The SMILES string of the molecule is CC(C)(C)C1CCC(C(=O)Nc2ccc(Br)cn2)CC1. The summed E-state index contributed by atoms with van der Waals surface area (Å²) in [7, 11) is 0. The largest absolute Gasteiger partial charge is 0.310 e. The average Bonchev–Trinajstić information content (AvgIpc) is 2.40. The van der Waals surface area contributed by atoms with Crippen molar-refractivity contribution in [3.05, 3.63) is 22.8 Å². The molecule has 1 amide bonds. The molecule has 1 heterocycles. The zero-order chi connectivity index (χ0) is 14.8. The van der Waals surface area contributed by atoms with Crippen LogP contribution in [0, 0.1) is 17.3 Å². The maximum atomic E-state index is 12.2. The lowest BCUT2D eigenvalue weighted by atomic mass is 9.70. The first-order valence-corrected chi connectivity index (χ1v) is 8.08. The monoisotopic (exact) mass is 338 g/mol. The van der Waals surface area contributed by atoms with Crippen LogP contribution in [0.4, 0.5) is 5.82 Å². The molecule has 110 valence electrons. The number of hydrogen-bond acceptors (Lipinski definition) is 2. The normalized spacial score (nSPS) is 23.4. The van der Waals surface area contributed by atoms with Gasteiger partial charge in [0.2, 0.25) is 5.91 Å². The van der Waals surface area contributed by atoms with Crippen molar-refractivity contribution in [3.8, 4) is 0 Å². The molecule has 1 fully saturated rings. The highest BCUT2D eigenvalue weighted by molar-refractivity contribution is 9.10. The molecular weight excluding hydrogens is 316 g/mol. The van der Waals surface area contributed by atoms with Crippen molar-refractivity contribution in [3.63, 3.8) is 0 Å². The summed E-state index contributed by atoms with van der Waals surface area (Å²) in [5, 5.41) is 2.92. The summed E-state index contributed by atoms with van der Waals surface area (Å²) < 4.78 is 0.918. The Hall–Kier alpha value is -0.900. The molecule has 20 heavy (non-hydrogen) atoms. The number of amides is 1. The first kappa shape index (κ1) is 15.5. The number of anilines is 1. The minimum Gasteiger partial charge on any atom is -0.310 e. The summed E-state index contributed by atoms with van der Waals surface area (Å²) in [5.41, 5.74) is 0.356. The molecule has 1 aromatic heterocycles. The third kappa shape index (κ3) is 4.05. The zero-order valence-corrected chi connectivity index (χ0v) is 14.0.